The number of carbonyl (C=O) groups is 2. The molecule has 1 aliphatic rings. The maximum Gasteiger partial charge on any atom is 0.340 e. The number of amides is 1. The molecule has 0 aliphatic carbocycles. The number of hydrogen-bond donors (Lipinski definition) is 1. The van der Waals surface area contributed by atoms with Crippen LogP contribution in [-0.2, 0) is 27.7 Å². The van der Waals surface area contributed by atoms with E-state index in [4.69, 9.17) is 9.15 Å². The summed E-state index contributed by atoms with van der Waals surface area (Å²) in [5.74, 6) is -0.794. The predicted molar refractivity (Wildman–Crippen MR) is 128 cm³/mol. The summed E-state index contributed by atoms with van der Waals surface area (Å²) in [7, 11) is -2.84. The minimum absolute atomic E-state index is 0.0294. The van der Waals surface area contributed by atoms with E-state index in [1.165, 1.54) is 7.11 Å². The van der Waals surface area contributed by atoms with Crippen molar-refractivity contribution in [1.82, 2.24) is 4.90 Å². The number of ether oxygens (including phenoxy) is 1. The Bertz CT molecular complexity index is 1470. The van der Waals surface area contributed by atoms with Crippen LogP contribution in [0.15, 0.2) is 69.3 Å². The maximum atomic E-state index is 13.2. The summed E-state index contributed by atoms with van der Waals surface area (Å²) < 4.78 is 39.4. The van der Waals surface area contributed by atoms with Crippen LogP contribution < -0.4 is 4.72 Å². The fourth-order valence-electron chi connectivity index (χ4n) is 4.00. The van der Waals surface area contributed by atoms with Gasteiger partial charge in [-0.25, -0.2) is 13.2 Å². The molecule has 10 heteroatoms. The Morgan fingerprint density at radius 1 is 1.09 bits per heavy atom. The van der Waals surface area contributed by atoms with E-state index in [1.807, 2.05) is 18.2 Å². The molecule has 1 amide bonds. The van der Waals surface area contributed by atoms with E-state index in [-0.39, 0.29) is 28.0 Å². The molecule has 0 fully saturated rings. The number of nitrogens with zero attached hydrogens (tertiary/aromatic N) is 1. The van der Waals surface area contributed by atoms with E-state index < -0.39 is 16.0 Å². The smallest absolute Gasteiger partial charge is 0.340 e. The molecule has 0 spiro atoms. The Morgan fingerprint density at radius 3 is 2.56 bits per heavy atom. The van der Waals surface area contributed by atoms with Gasteiger partial charge < -0.3 is 14.1 Å². The first-order valence-corrected chi connectivity index (χ1v) is 12.8. The van der Waals surface area contributed by atoms with Crippen molar-refractivity contribution in [3.05, 3.63) is 82.4 Å². The molecule has 0 bridgehead atoms. The number of nitrogens with one attached hydrogen (secondary N) is 1. The van der Waals surface area contributed by atoms with Crippen LogP contribution in [0.1, 0.15) is 31.4 Å². The van der Waals surface area contributed by atoms with Gasteiger partial charge in [-0.2, -0.15) is 0 Å². The number of thiophene rings is 1. The van der Waals surface area contributed by atoms with E-state index in [9.17, 15) is 18.0 Å². The first-order chi connectivity index (χ1) is 16.4. The Hall–Kier alpha value is -3.63. The van der Waals surface area contributed by atoms with Gasteiger partial charge in [0.05, 0.1) is 19.2 Å². The zero-order valence-corrected chi connectivity index (χ0v) is 19.7. The first-order valence-electron chi connectivity index (χ1n) is 10.5. The molecule has 0 radical (unpaired) electrons. The van der Waals surface area contributed by atoms with Gasteiger partial charge in [0.25, 0.3) is 15.9 Å². The van der Waals surface area contributed by atoms with E-state index in [0.717, 1.165) is 16.7 Å². The fraction of sp³-hybridized carbons (Fsp3) is 0.167. The number of methoxy groups -OCH3 is 1. The van der Waals surface area contributed by atoms with Crippen LogP contribution in [0.4, 0.5) is 5.69 Å². The molecule has 8 nitrogen and oxygen atoms in total. The molecule has 0 saturated carbocycles. The van der Waals surface area contributed by atoms with Crippen molar-refractivity contribution in [2.24, 2.45) is 0 Å². The molecule has 3 heterocycles. The third kappa shape index (κ3) is 3.95. The zero-order chi connectivity index (χ0) is 23.9. The van der Waals surface area contributed by atoms with Crippen molar-refractivity contribution in [2.75, 3.05) is 18.4 Å². The van der Waals surface area contributed by atoms with Gasteiger partial charge in [0.15, 0.2) is 9.97 Å². The highest BCUT2D eigenvalue weighted by Gasteiger charge is 2.35. The monoisotopic (exact) mass is 496 g/mol. The average Bonchev–Trinajstić information content (AvgIpc) is 3.45. The molecule has 2 aromatic heterocycles. The van der Waals surface area contributed by atoms with Crippen molar-refractivity contribution in [3.63, 3.8) is 0 Å². The Morgan fingerprint density at radius 2 is 1.82 bits per heavy atom. The summed E-state index contributed by atoms with van der Waals surface area (Å²) >= 11 is 0.977. The molecule has 1 N–H and O–H groups in total. The van der Waals surface area contributed by atoms with Gasteiger partial charge >= 0.3 is 5.97 Å². The van der Waals surface area contributed by atoms with Gasteiger partial charge in [-0.05, 0) is 36.2 Å². The number of sulfonamides is 1. The van der Waals surface area contributed by atoms with Crippen molar-refractivity contribution in [1.29, 1.82) is 0 Å². The fourth-order valence-corrected chi connectivity index (χ4v) is 6.96. The highest BCUT2D eigenvalue weighted by molar-refractivity contribution is 7.94. The minimum atomic E-state index is -4.05. The van der Waals surface area contributed by atoms with E-state index in [1.54, 1.807) is 47.4 Å². The van der Waals surface area contributed by atoms with E-state index >= 15 is 0 Å². The number of rotatable bonds is 5. The van der Waals surface area contributed by atoms with Crippen LogP contribution >= 0.6 is 11.3 Å². The molecule has 4 aromatic rings. The molecular weight excluding hydrogens is 476 g/mol. The lowest BCUT2D eigenvalue weighted by Gasteiger charge is -2.26. The molecule has 34 heavy (non-hydrogen) atoms. The lowest BCUT2D eigenvalue weighted by atomic mass is 10.0. The number of anilines is 1. The highest BCUT2D eigenvalue weighted by Crippen LogP contribution is 2.38. The molecule has 174 valence electrons. The summed E-state index contributed by atoms with van der Waals surface area (Å²) in [6.07, 6.45) is 0.323. The molecule has 1 aliphatic heterocycles. The normalized spacial score (nSPS) is 13.5. The molecule has 0 saturated heterocycles. The van der Waals surface area contributed by atoms with Gasteiger partial charge in [0, 0.05) is 22.5 Å². The van der Waals surface area contributed by atoms with Crippen LogP contribution in [0.3, 0.4) is 0 Å². The number of carbonyl (C=O) groups excluding carboxylic acids is 2. The number of para-hydroxylation sites is 2. The average molecular weight is 497 g/mol. The molecule has 0 atom stereocenters. The van der Waals surface area contributed by atoms with Gasteiger partial charge in [-0.1, -0.05) is 36.4 Å². The number of furan rings is 1. The van der Waals surface area contributed by atoms with Crippen molar-refractivity contribution in [2.45, 2.75) is 17.2 Å². The highest BCUT2D eigenvalue weighted by atomic mass is 32.2. The van der Waals surface area contributed by atoms with E-state index in [2.05, 4.69) is 4.72 Å². The number of esters is 1. The van der Waals surface area contributed by atoms with Gasteiger partial charge in [-0.3, -0.25) is 9.52 Å². The Balaban J connectivity index is 1.48. The molecule has 0 unspecified atom stereocenters. The van der Waals surface area contributed by atoms with Crippen molar-refractivity contribution >= 4 is 49.9 Å². The predicted octanol–water partition coefficient (Wildman–Crippen LogP) is 4.28. The van der Waals surface area contributed by atoms with Crippen LogP contribution in [0.25, 0.3) is 11.0 Å². The summed E-state index contributed by atoms with van der Waals surface area (Å²) in [5.41, 5.74) is 1.63. The summed E-state index contributed by atoms with van der Waals surface area (Å²) in [6.45, 7) is 0.482. The number of fused-ring (bicyclic) bond motifs is 2. The first kappa shape index (κ1) is 22.2. The second-order valence-electron chi connectivity index (χ2n) is 7.75. The standard InChI is InChI=1S/C24H20N2O6S2/c1-31-23(28)21-17-11-12-26(22(27)19-13-15-7-5-6-10-18(15)32-19)14-20(17)33-24(21)34(29,30)25-16-8-3-2-4-9-16/h2-10,13,25H,11-12,14H2,1H3. The zero-order valence-electron chi connectivity index (χ0n) is 18.1. The third-order valence-electron chi connectivity index (χ3n) is 5.61. The number of hydrogen-bond acceptors (Lipinski definition) is 7. The molecular formula is C24H20N2O6S2. The summed E-state index contributed by atoms with van der Waals surface area (Å²) in [5, 5.41) is 0.827. The third-order valence-corrected chi connectivity index (χ3v) is 8.72. The summed E-state index contributed by atoms with van der Waals surface area (Å²) in [4.78, 5) is 27.9. The van der Waals surface area contributed by atoms with Crippen molar-refractivity contribution in [3.8, 4) is 0 Å². The number of benzene rings is 2. The summed E-state index contributed by atoms with van der Waals surface area (Å²) in [6, 6.07) is 17.5. The minimum Gasteiger partial charge on any atom is -0.465 e. The van der Waals surface area contributed by atoms with Crippen LogP contribution in [0, 0.1) is 0 Å². The second-order valence-corrected chi connectivity index (χ2v) is 10.7. The lowest BCUT2D eigenvalue weighted by Crippen LogP contribution is -2.35. The lowest BCUT2D eigenvalue weighted by molar-refractivity contribution is 0.0595. The topological polar surface area (TPSA) is 106 Å². The van der Waals surface area contributed by atoms with Crippen LogP contribution in [0.5, 0.6) is 0 Å². The van der Waals surface area contributed by atoms with Gasteiger partial charge in [-0.15, -0.1) is 11.3 Å². The molecule has 2 aromatic carbocycles. The van der Waals surface area contributed by atoms with Crippen LogP contribution in [0.2, 0.25) is 0 Å². The quantitative estimate of drug-likeness (QED) is 0.414. The maximum absolute atomic E-state index is 13.2. The second kappa shape index (κ2) is 8.62. The Labute approximate surface area is 199 Å². The van der Waals surface area contributed by atoms with Crippen LogP contribution in [-0.4, -0.2) is 38.8 Å². The van der Waals surface area contributed by atoms with Gasteiger partial charge in [0.1, 0.15) is 5.58 Å². The van der Waals surface area contributed by atoms with Gasteiger partial charge in [0.2, 0.25) is 0 Å². The SMILES string of the molecule is COC(=O)c1c(S(=O)(=O)Nc2ccccc2)sc2c1CCN(C(=O)c1cc3ccccc3o1)C2. The largest absolute Gasteiger partial charge is 0.465 e. The van der Waals surface area contributed by atoms with Crippen molar-refractivity contribution < 1.29 is 27.2 Å². The van der Waals surface area contributed by atoms with E-state index in [0.29, 0.717) is 34.7 Å². The molecule has 5 rings (SSSR count). The Kier molecular flexibility index (Phi) is 5.62.